The highest BCUT2D eigenvalue weighted by atomic mass is 16.5. The molecule has 1 N–H and O–H groups in total. The summed E-state index contributed by atoms with van der Waals surface area (Å²) in [7, 11) is 3.26. The van der Waals surface area contributed by atoms with Gasteiger partial charge in [-0.1, -0.05) is 17.3 Å². The molecule has 168 valence electrons. The van der Waals surface area contributed by atoms with Crippen LogP contribution < -0.4 is 14.8 Å². The number of methoxy groups -OCH3 is 2. The Morgan fingerprint density at radius 2 is 1.66 bits per heavy atom. The average Bonchev–Trinajstić information content (AvgIpc) is 3.36. The molecule has 1 fully saturated rings. The van der Waals surface area contributed by atoms with E-state index in [2.05, 4.69) is 15.4 Å². The van der Waals surface area contributed by atoms with E-state index in [1.165, 1.54) is 0 Å². The number of hydrogen-bond acceptors (Lipinski definition) is 7. The van der Waals surface area contributed by atoms with E-state index in [-0.39, 0.29) is 17.6 Å². The number of amides is 1. The summed E-state index contributed by atoms with van der Waals surface area (Å²) >= 11 is 0. The van der Waals surface area contributed by atoms with Gasteiger partial charge in [-0.3, -0.25) is 9.69 Å². The molecule has 1 aliphatic heterocycles. The molecule has 1 amide bonds. The summed E-state index contributed by atoms with van der Waals surface area (Å²) < 4.78 is 21.3. The number of aromatic nitrogens is 1. The van der Waals surface area contributed by atoms with Crippen LogP contribution in [0.3, 0.4) is 0 Å². The summed E-state index contributed by atoms with van der Waals surface area (Å²) in [6.07, 6.45) is 0. The molecule has 2 heterocycles. The predicted molar refractivity (Wildman–Crippen MR) is 119 cm³/mol. The Morgan fingerprint density at radius 1 is 1.03 bits per heavy atom. The minimum Gasteiger partial charge on any atom is -0.497 e. The van der Waals surface area contributed by atoms with Gasteiger partial charge in [0.15, 0.2) is 11.5 Å². The van der Waals surface area contributed by atoms with Crippen molar-refractivity contribution in [2.45, 2.75) is 6.04 Å². The summed E-state index contributed by atoms with van der Waals surface area (Å²) in [6.45, 7) is 3.40. The van der Waals surface area contributed by atoms with E-state index in [1.54, 1.807) is 20.3 Å². The summed E-state index contributed by atoms with van der Waals surface area (Å²) in [5.41, 5.74) is 2.17. The van der Waals surface area contributed by atoms with Gasteiger partial charge in [-0.25, -0.2) is 0 Å². The Bertz CT molecular complexity index is 1010. The lowest BCUT2D eigenvalue weighted by Crippen LogP contribution is -2.43. The molecule has 0 radical (unpaired) electrons. The fourth-order valence-electron chi connectivity index (χ4n) is 3.73. The number of nitrogens with one attached hydrogen (secondary N) is 1. The molecule has 0 bridgehead atoms. The van der Waals surface area contributed by atoms with Gasteiger partial charge in [0.1, 0.15) is 11.5 Å². The van der Waals surface area contributed by atoms with Crippen molar-refractivity contribution >= 4 is 5.91 Å². The third-order valence-corrected chi connectivity index (χ3v) is 5.56. The SMILES string of the molecule is COc1ccc(-c2cc(C(=O)NCC(c3ccc(OC)cc3)N3CCOCC3)no2)cc1. The largest absolute Gasteiger partial charge is 0.497 e. The van der Waals surface area contributed by atoms with Crippen LogP contribution >= 0.6 is 0 Å². The van der Waals surface area contributed by atoms with E-state index < -0.39 is 0 Å². The fraction of sp³-hybridized carbons (Fsp3) is 0.333. The summed E-state index contributed by atoms with van der Waals surface area (Å²) in [4.78, 5) is 15.1. The monoisotopic (exact) mass is 437 g/mol. The third-order valence-electron chi connectivity index (χ3n) is 5.56. The molecule has 0 aliphatic carbocycles. The van der Waals surface area contributed by atoms with Gasteiger partial charge in [0, 0.05) is 31.3 Å². The predicted octanol–water partition coefficient (Wildman–Crippen LogP) is 3.16. The second kappa shape index (κ2) is 10.3. The van der Waals surface area contributed by atoms with Gasteiger partial charge in [-0.05, 0) is 42.0 Å². The first-order valence-electron chi connectivity index (χ1n) is 10.5. The Hall–Kier alpha value is -3.36. The maximum Gasteiger partial charge on any atom is 0.273 e. The Kier molecular flexibility index (Phi) is 7.03. The summed E-state index contributed by atoms with van der Waals surface area (Å²) in [6, 6.07) is 17.0. The molecule has 8 heteroatoms. The molecule has 1 aromatic heterocycles. The molecule has 0 spiro atoms. The van der Waals surface area contributed by atoms with Crippen LogP contribution in [-0.4, -0.2) is 63.0 Å². The summed E-state index contributed by atoms with van der Waals surface area (Å²) in [5, 5.41) is 6.96. The number of carbonyl (C=O) groups excluding carboxylic acids is 1. The molecule has 1 unspecified atom stereocenters. The molecule has 2 aromatic carbocycles. The Morgan fingerprint density at radius 3 is 2.28 bits per heavy atom. The zero-order chi connectivity index (χ0) is 22.3. The van der Waals surface area contributed by atoms with Crippen LogP contribution in [0.5, 0.6) is 11.5 Å². The van der Waals surface area contributed by atoms with Crippen molar-refractivity contribution in [1.82, 2.24) is 15.4 Å². The number of rotatable bonds is 8. The lowest BCUT2D eigenvalue weighted by molar-refractivity contribution is 0.0162. The van der Waals surface area contributed by atoms with Gasteiger partial charge in [0.2, 0.25) is 0 Å². The van der Waals surface area contributed by atoms with E-state index in [0.29, 0.717) is 25.5 Å². The fourth-order valence-corrected chi connectivity index (χ4v) is 3.73. The van der Waals surface area contributed by atoms with Gasteiger partial charge >= 0.3 is 0 Å². The van der Waals surface area contributed by atoms with Crippen LogP contribution in [0.4, 0.5) is 0 Å². The van der Waals surface area contributed by atoms with E-state index in [1.807, 2.05) is 48.5 Å². The highest BCUT2D eigenvalue weighted by molar-refractivity contribution is 5.93. The quantitative estimate of drug-likeness (QED) is 0.579. The maximum absolute atomic E-state index is 12.8. The Balaban J connectivity index is 1.45. The molecule has 32 heavy (non-hydrogen) atoms. The van der Waals surface area contributed by atoms with Crippen LogP contribution in [-0.2, 0) is 4.74 Å². The van der Waals surface area contributed by atoms with Crippen molar-refractivity contribution in [1.29, 1.82) is 0 Å². The van der Waals surface area contributed by atoms with Gasteiger partial charge in [-0.2, -0.15) is 0 Å². The van der Waals surface area contributed by atoms with Crippen molar-refractivity contribution < 1.29 is 23.5 Å². The standard InChI is InChI=1S/C24H27N3O5/c1-29-19-7-3-17(4-8-19)22(27-11-13-31-14-12-27)16-25-24(28)21-15-23(32-26-21)18-5-9-20(30-2)10-6-18/h3-10,15,22H,11-14,16H2,1-2H3,(H,25,28). The van der Waals surface area contributed by atoms with Crippen LogP contribution in [0, 0.1) is 0 Å². The average molecular weight is 437 g/mol. The number of nitrogens with zero attached hydrogens (tertiary/aromatic N) is 2. The van der Waals surface area contributed by atoms with Gasteiger partial charge in [-0.15, -0.1) is 0 Å². The molecule has 1 atom stereocenters. The first kappa shape index (κ1) is 21.9. The van der Waals surface area contributed by atoms with E-state index in [0.717, 1.165) is 35.7 Å². The molecule has 0 saturated carbocycles. The number of hydrogen-bond donors (Lipinski definition) is 1. The lowest BCUT2D eigenvalue weighted by atomic mass is 10.0. The van der Waals surface area contributed by atoms with Gasteiger partial charge < -0.3 is 24.1 Å². The second-order valence-corrected chi connectivity index (χ2v) is 7.45. The van der Waals surface area contributed by atoms with E-state index in [9.17, 15) is 4.79 Å². The van der Waals surface area contributed by atoms with Crippen molar-refractivity contribution in [2.75, 3.05) is 47.1 Å². The number of ether oxygens (including phenoxy) is 3. The minimum absolute atomic E-state index is 0.0155. The third kappa shape index (κ3) is 5.09. The van der Waals surface area contributed by atoms with Crippen LogP contribution in [0.25, 0.3) is 11.3 Å². The van der Waals surface area contributed by atoms with Gasteiger partial charge in [0.25, 0.3) is 5.91 Å². The molecule has 1 aliphatic rings. The van der Waals surface area contributed by atoms with Crippen molar-refractivity contribution in [3.05, 3.63) is 65.9 Å². The molecule has 1 saturated heterocycles. The van der Waals surface area contributed by atoms with Crippen LogP contribution in [0.15, 0.2) is 59.1 Å². The molecule has 3 aromatic rings. The van der Waals surface area contributed by atoms with Crippen molar-refractivity contribution in [3.63, 3.8) is 0 Å². The maximum atomic E-state index is 12.8. The van der Waals surface area contributed by atoms with Crippen LogP contribution in [0.1, 0.15) is 22.1 Å². The van der Waals surface area contributed by atoms with E-state index in [4.69, 9.17) is 18.7 Å². The number of morpholine rings is 1. The molecule has 4 rings (SSSR count). The van der Waals surface area contributed by atoms with Gasteiger partial charge in [0.05, 0.1) is 33.5 Å². The number of carbonyl (C=O) groups is 1. The lowest BCUT2D eigenvalue weighted by Gasteiger charge is -2.34. The topological polar surface area (TPSA) is 86.1 Å². The Labute approximate surface area is 187 Å². The van der Waals surface area contributed by atoms with Crippen molar-refractivity contribution in [2.24, 2.45) is 0 Å². The zero-order valence-electron chi connectivity index (χ0n) is 18.2. The minimum atomic E-state index is -0.278. The normalized spacial score (nSPS) is 15.2. The molecular formula is C24H27N3O5. The highest BCUT2D eigenvalue weighted by Crippen LogP contribution is 2.25. The van der Waals surface area contributed by atoms with Crippen LogP contribution in [0.2, 0.25) is 0 Å². The zero-order valence-corrected chi connectivity index (χ0v) is 18.2. The highest BCUT2D eigenvalue weighted by Gasteiger charge is 2.24. The first-order chi connectivity index (χ1) is 15.7. The first-order valence-corrected chi connectivity index (χ1v) is 10.5. The number of benzene rings is 2. The molecule has 8 nitrogen and oxygen atoms in total. The smallest absolute Gasteiger partial charge is 0.273 e. The van der Waals surface area contributed by atoms with E-state index >= 15 is 0 Å². The molecular weight excluding hydrogens is 410 g/mol. The second-order valence-electron chi connectivity index (χ2n) is 7.45. The van der Waals surface area contributed by atoms with Crippen molar-refractivity contribution in [3.8, 4) is 22.8 Å². The summed E-state index contributed by atoms with van der Waals surface area (Å²) in [5.74, 6) is 1.80.